The number of hydrogen-bond acceptors (Lipinski definition) is 5. The summed E-state index contributed by atoms with van der Waals surface area (Å²) in [4.78, 5) is 20.9. The Morgan fingerprint density at radius 3 is 2.96 bits per heavy atom. The van der Waals surface area contributed by atoms with Gasteiger partial charge in [0.1, 0.15) is 11.5 Å². The highest BCUT2D eigenvalue weighted by atomic mass is 79.9. The van der Waals surface area contributed by atoms with Crippen molar-refractivity contribution in [1.29, 1.82) is 0 Å². The molecule has 25 heavy (non-hydrogen) atoms. The van der Waals surface area contributed by atoms with Crippen LogP contribution in [-0.4, -0.2) is 33.5 Å². The number of aliphatic hydroxyl groups excluding tert-OH is 1. The van der Waals surface area contributed by atoms with Crippen molar-refractivity contribution in [2.24, 2.45) is 5.92 Å². The third kappa shape index (κ3) is 4.35. The molecule has 2 heterocycles. The van der Waals surface area contributed by atoms with Gasteiger partial charge in [-0.25, -0.2) is 9.97 Å². The summed E-state index contributed by atoms with van der Waals surface area (Å²) in [7, 11) is 0. The van der Waals surface area contributed by atoms with E-state index in [4.69, 9.17) is 5.73 Å². The molecular formula is C18H20BrN4O2. The zero-order chi connectivity index (χ0) is 17.8. The lowest BCUT2D eigenvalue weighted by Crippen LogP contribution is -2.30. The Bertz CT molecular complexity index is 768. The normalized spacial score (nSPS) is 20.2. The van der Waals surface area contributed by atoms with E-state index >= 15 is 0 Å². The van der Waals surface area contributed by atoms with Gasteiger partial charge in [0.25, 0.3) is 0 Å². The molecule has 0 aliphatic heterocycles. The van der Waals surface area contributed by atoms with Gasteiger partial charge in [-0.15, -0.1) is 0 Å². The lowest BCUT2D eigenvalue weighted by molar-refractivity contribution is 0.0763. The van der Waals surface area contributed by atoms with E-state index in [0.29, 0.717) is 16.8 Å². The van der Waals surface area contributed by atoms with Crippen molar-refractivity contribution < 1.29 is 9.90 Å². The number of hydrogen-bond donors (Lipinski definition) is 2. The van der Waals surface area contributed by atoms with Crippen molar-refractivity contribution in [2.75, 3.05) is 11.9 Å². The van der Waals surface area contributed by atoms with E-state index in [1.807, 2.05) is 0 Å². The first-order chi connectivity index (χ1) is 12.0. The minimum atomic E-state index is -0.333. The van der Waals surface area contributed by atoms with Crippen LogP contribution in [0.4, 0.5) is 11.6 Å². The number of ketones is 1. The van der Waals surface area contributed by atoms with Crippen LogP contribution in [-0.2, 0) is 0 Å². The number of nitrogens with zero attached hydrogens (tertiary/aromatic N) is 2. The molecule has 0 bridgehead atoms. The molecule has 0 saturated heterocycles. The standard InChI is InChI=1S/C18H20BrN4O2/c19-12-8-13(18(20)22-10-12)17(25)14-5-3-7-16(23-14)21-9-11-4-1-2-6-15(11)24/h3,5,7-8,10-11,15,20,24H,1-2,4,6,9H2,(H,21,23)/t11-,15+/m1/s1. The van der Waals surface area contributed by atoms with Crippen LogP contribution in [0.25, 0.3) is 0 Å². The average molecular weight is 404 g/mol. The zero-order valence-electron chi connectivity index (χ0n) is 13.7. The van der Waals surface area contributed by atoms with Crippen LogP contribution in [0.5, 0.6) is 0 Å². The number of nitrogens with one attached hydrogen (secondary N) is 2. The third-order valence-corrected chi connectivity index (χ3v) is 4.93. The van der Waals surface area contributed by atoms with Gasteiger partial charge in [-0.2, -0.15) is 0 Å². The van der Waals surface area contributed by atoms with Gasteiger partial charge in [0, 0.05) is 23.1 Å². The number of aromatic nitrogens is 2. The molecule has 131 valence electrons. The number of carbonyl (C=O) groups is 1. The summed E-state index contributed by atoms with van der Waals surface area (Å²) in [5, 5.41) is 13.3. The maximum atomic E-state index is 12.6. The van der Waals surface area contributed by atoms with Crippen LogP contribution in [0.3, 0.4) is 0 Å². The molecule has 1 aliphatic carbocycles. The van der Waals surface area contributed by atoms with Crippen molar-refractivity contribution in [3.63, 3.8) is 0 Å². The second-order valence-electron chi connectivity index (χ2n) is 6.28. The Morgan fingerprint density at radius 2 is 2.16 bits per heavy atom. The van der Waals surface area contributed by atoms with E-state index in [2.05, 4.69) is 31.2 Å². The summed E-state index contributed by atoms with van der Waals surface area (Å²) in [6, 6.07) is 6.77. The SMILES string of the molecule is [NH]c1ncc(Br)cc1C(=O)c1cccc(NC[C@H]2CCCC[C@@H]2O)n1. The lowest BCUT2D eigenvalue weighted by atomic mass is 9.86. The first kappa shape index (κ1) is 17.8. The van der Waals surface area contributed by atoms with E-state index in [1.165, 1.54) is 6.20 Å². The quantitative estimate of drug-likeness (QED) is 0.745. The van der Waals surface area contributed by atoms with E-state index in [1.54, 1.807) is 24.3 Å². The summed E-state index contributed by atoms with van der Waals surface area (Å²) >= 11 is 3.27. The predicted molar refractivity (Wildman–Crippen MR) is 98.8 cm³/mol. The van der Waals surface area contributed by atoms with Crippen molar-refractivity contribution in [3.8, 4) is 0 Å². The summed E-state index contributed by atoms with van der Waals surface area (Å²) in [6.45, 7) is 0.633. The average Bonchev–Trinajstić information content (AvgIpc) is 2.63. The molecule has 1 fully saturated rings. The first-order valence-corrected chi connectivity index (χ1v) is 9.14. The lowest BCUT2D eigenvalue weighted by Gasteiger charge is -2.27. The Morgan fingerprint density at radius 1 is 1.36 bits per heavy atom. The van der Waals surface area contributed by atoms with E-state index in [-0.39, 0.29) is 34.9 Å². The van der Waals surface area contributed by atoms with Gasteiger partial charge in [-0.3, -0.25) is 10.5 Å². The van der Waals surface area contributed by atoms with Crippen molar-refractivity contribution >= 4 is 33.3 Å². The number of rotatable bonds is 5. The molecule has 1 radical (unpaired) electrons. The highest BCUT2D eigenvalue weighted by molar-refractivity contribution is 9.10. The van der Waals surface area contributed by atoms with Gasteiger partial charge in [0.2, 0.25) is 5.78 Å². The monoisotopic (exact) mass is 403 g/mol. The van der Waals surface area contributed by atoms with Crippen LogP contribution in [0.15, 0.2) is 34.9 Å². The van der Waals surface area contributed by atoms with Gasteiger partial charge in [-0.1, -0.05) is 18.9 Å². The number of aliphatic hydroxyl groups is 1. The molecule has 1 aliphatic rings. The summed E-state index contributed by atoms with van der Waals surface area (Å²) in [5.41, 5.74) is 8.29. The van der Waals surface area contributed by atoms with Crippen molar-refractivity contribution in [3.05, 3.63) is 46.2 Å². The predicted octanol–water partition coefficient (Wildman–Crippen LogP) is 3.35. The molecule has 7 heteroatoms. The largest absolute Gasteiger partial charge is 0.393 e. The molecule has 0 amide bonds. The second-order valence-corrected chi connectivity index (χ2v) is 7.20. The molecule has 0 aromatic carbocycles. The van der Waals surface area contributed by atoms with Gasteiger partial charge >= 0.3 is 0 Å². The number of pyridine rings is 2. The second kappa shape index (κ2) is 7.93. The molecule has 2 aromatic heterocycles. The number of anilines is 1. The molecule has 2 aromatic rings. The van der Waals surface area contributed by atoms with Gasteiger partial charge in [0.15, 0.2) is 5.82 Å². The van der Waals surface area contributed by atoms with E-state index in [9.17, 15) is 9.90 Å². The Hall–Kier alpha value is -1.99. The molecular weight excluding hydrogens is 384 g/mol. The molecule has 3 N–H and O–H groups in total. The molecule has 2 atom stereocenters. The topological polar surface area (TPSA) is 98.9 Å². The Balaban J connectivity index is 1.72. The fourth-order valence-corrected chi connectivity index (χ4v) is 3.40. The molecule has 0 unspecified atom stereocenters. The first-order valence-electron chi connectivity index (χ1n) is 8.35. The molecule has 3 rings (SSSR count). The van der Waals surface area contributed by atoms with E-state index in [0.717, 1.165) is 25.7 Å². The number of halogens is 1. The fourth-order valence-electron chi connectivity index (χ4n) is 3.07. The maximum Gasteiger partial charge on any atom is 0.215 e. The van der Waals surface area contributed by atoms with Crippen LogP contribution < -0.4 is 11.1 Å². The Kier molecular flexibility index (Phi) is 5.65. The summed E-state index contributed by atoms with van der Waals surface area (Å²) in [6.07, 6.45) is 5.27. The third-order valence-electron chi connectivity index (χ3n) is 4.50. The maximum absolute atomic E-state index is 12.6. The minimum absolute atomic E-state index is 0.0707. The number of carbonyl (C=O) groups excluding carboxylic acids is 1. The van der Waals surface area contributed by atoms with Crippen LogP contribution in [0.2, 0.25) is 0 Å². The summed E-state index contributed by atoms with van der Waals surface area (Å²) in [5.74, 6) is 0.404. The fraction of sp³-hybridized carbons (Fsp3) is 0.389. The van der Waals surface area contributed by atoms with Crippen LogP contribution in [0, 0.1) is 5.92 Å². The molecule has 6 nitrogen and oxygen atoms in total. The van der Waals surface area contributed by atoms with Crippen LogP contribution in [0.1, 0.15) is 41.7 Å². The molecule has 1 saturated carbocycles. The van der Waals surface area contributed by atoms with Gasteiger partial charge in [0.05, 0.1) is 11.7 Å². The molecule has 0 spiro atoms. The van der Waals surface area contributed by atoms with Crippen LogP contribution >= 0.6 is 15.9 Å². The van der Waals surface area contributed by atoms with Gasteiger partial charge in [-0.05, 0) is 47.0 Å². The smallest absolute Gasteiger partial charge is 0.215 e. The van der Waals surface area contributed by atoms with E-state index < -0.39 is 0 Å². The zero-order valence-corrected chi connectivity index (χ0v) is 15.3. The van der Waals surface area contributed by atoms with Crippen molar-refractivity contribution in [1.82, 2.24) is 15.7 Å². The highest BCUT2D eigenvalue weighted by Crippen LogP contribution is 2.25. The van der Waals surface area contributed by atoms with Crippen molar-refractivity contribution in [2.45, 2.75) is 31.8 Å². The summed E-state index contributed by atoms with van der Waals surface area (Å²) < 4.78 is 0.646. The van der Waals surface area contributed by atoms with Gasteiger partial charge < -0.3 is 10.4 Å². The minimum Gasteiger partial charge on any atom is -0.393 e. The highest BCUT2D eigenvalue weighted by Gasteiger charge is 2.23. The Labute approximate surface area is 155 Å².